The Morgan fingerprint density at radius 1 is 1.86 bits per heavy atom. The molecule has 0 radical (unpaired) electrons. The highest BCUT2D eigenvalue weighted by molar-refractivity contribution is 7.80. The quantitative estimate of drug-likeness (QED) is 0.358. The molecule has 0 saturated heterocycles. The van der Waals surface area contributed by atoms with Crippen LogP contribution >= 0.6 is 12.6 Å². The highest BCUT2D eigenvalue weighted by Gasteiger charge is 1.86. The molecule has 0 aliphatic rings. The maximum atomic E-state index is 8.22. The maximum absolute atomic E-state index is 8.22. The molecular formula is C4H11NOS. The van der Waals surface area contributed by atoms with Crippen LogP contribution in [0.4, 0.5) is 0 Å². The van der Waals surface area contributed by atoms with Gasteiger partial charge in [0.25, 0.3) is 0 Å². The first-order valence-electron chi connectivity index (χ1n) is 2.29. The summed E-state index contributed by atoms with van der Waals surface area (Å²) in [7, 11) is 0. The van der Waals surface area contributed by atoms with E-state index >= 15 is 0 Å². The van der Waals surface area contributed by atoms with Gasteiger partial charge in [-0.15, -0.1) is 0 Å². The first kappa shape index (κ1) is 7.27. The van der Waals surface area contributed by atoms with Gasteiger partial charge in [0.15, 0.2) is 0 Å². The van der Waals surface area contributed by atoms with E-state index in [1.54, 1.807) is 0 Å². The van der Waals surface area contributed by atoms with Crippen molar-refractivity contribution in [2.45, 2.75) is 12.3 Å². The molecule has 0 amide bonds. The Morgan fingerprint density at radius 2 is 2.43 bits per heavy atom. The van der Waals surface area contributed by atoms with Gasteiger partial charge in [0.05, 0.1) is 6.61 Å². The highest BCUT2D eigenvalue weighted by atomic mass is 32.1. The predicted molar refractivity (Wildman–Crippen MR) is 33.5 cm³/mol. The number of aliphatic hydroxyl groups excluding tert-OH is 1. The fourth-order valence-corrected chi connectivity index (χ4v) is 0.403. The minimum Gasteiger partial charge on any atom is -0.395 e. The van der Waals surface area contributed by atoms with E-state index in [-0.39, 0.29) is 12.0 Å². The summed E-state index contributed by atoms with van der Waals surface area (Å²) in [5.41, 5.74) is 0. The van der Waals surface area contributed by atoms with E-state index in [0.717, 1.165) is 0 Å². The molecule has 2 N–H and O–H groups in total. The molecule has 0 saturated carbocycles. The van der Waals surface area contributed by atoms with Crippen LogP contribution in [0.3, 0.4) is 0 Å². The van der Waals surface area contributed by atoms with Crippen LogP contribution in [-0.2, 0) is 0 Å². The van der Waals surface area contributed by atoms with Crippen molar-refractivity contribution in [1.82, 2.24) is 5.32 Å². The average Bonchev–Trinajstić information content (AvgIpc) is 1.61. The van der Waals surface area contributed by atoms with Gasteiger partial charge in [0, 0.05) is 11.9 Å². The zero-order valence-electron chi connectivity index (χ0n) is 4.39. The maximum Gasteiger partial charge on any atom is 0.0556 e. The molecule has 0 rings (SSSR count). The lowest BCUT2D eigenvalue weighted by Crippen LogP contribution is -2.23. The van der Waals surface area contributed by atoms with Gasteiger partial charge in [-0.05, 0) is 6.92 Å². The second kappa shape index (κ2) is 4.43. The van der Waals surface area contributed by atoms with Crippen molar-refractivity contribution in [3.05, 3.63) is 0 Å². The van der Waals surface area contributed by atoms with Crippen LogP contribution in [-0.4, -0.2) is 23.6 Å². The average molecular weight is 121 g/mol. The second-order valence-corrected chi connectivity index (χ2v) is 2.13. The van der Waals surface area contributed by atoms with Gasteiger partial charge in [-0.3, -0.25) is 0 Å². The topological polar surface area (TPSA) is 32.3 Å². The molecule has 44 valence electrons. The molecule has 0 aromatic heterocycles. The smallest absolute Gasteiger partial charge is 0.0556 e. The van der Waals surface area contributed by atoms with Crippen LogP contribution in [0.15, 0.2) is 0 Å². The molecule has 3 heteroatoms. The van der Waals surface area contributed by atoms with Crippen molar-refractivity contribution in [3.8, 4) is 0 Å². The summed E-state index contributed by atoms with van der Waals surface area (Å²) in [4.78, 5) is 0. The van der Waals surface area contributed by atoms with E-state index in [2.05, 4.69) is 17.9 Å². The van der Waals surface area contributed by atoms with E-state index in [1.165, 1.54) is 0 Å². The molecule has 0 aromatic rings. The number of aliphatic hydroxyl groups is 1. The molecule has 0 bridgehead atoms. The number of nitrogens with one attached hydrogen (secondary N) is 1. The molecule has 0 aromatic carbocycles. The number of hydrogen-bond donors (Lipinski definition) is 3. The summed E-state index contributed by atoms with van der Waals surface area (Å²) >= 11 is 4.01. The number of rotatable bonds is 3. The van der Waals surface area contributed by atoms with Gasteiger partial charge in [0.1, 0.15) is 0 Å². The third kappa shape index (κ3) is 6.27. The summed E-state index contributed by atoms with van der Waals surface area (Å²) in [6, 6.07) is 0. The molecule has 0 spiro atoms. The standard InChI is InChI=1S/C4H11NOS/c1-4(7)5-2-3-6/h4-7H,2-3H2,1H3/t4-/m0/s1. The fourth-order valence-electron chi connectivity index (χ4n) is 0.273. The molecule has 2 nitrogen and oxygen atoms in total. The first-order chi connectivity index (χ1) is 3.27. The van der Waals surface area contributed by atoms with E-state index in [9.17, 15) is 0 Å². The SMILES string of the molecule is C[C@H](S)NCCO. The Balaban J connectivity index is 2.68. The lowest BCUT2D eigenvalue weighted by atomic mass is 10.6. The van der Waals surface area contributed by atoms with Crippen LogP contribution in [0, 0.1) is 0 Å². The Morgan fingerprint density at radius 3 is 2.57 bits per heavy atom. The molecule has 0 unspecified atom stereocenters. The van der Waals surface area contributed by atoms with E-state index in [1.807, 2.05) is 6.92 Å². The van der Waals surface area contributed by atoms with Crippen LogP contribution in [0.1, 0.15) is 6.92 Å². The minimum atomic E-state index is 0.185. The molecule has 7 heavy (non-hydrogen) atoms. The van der Waals surface area contributed by atoms with Crippen LogP contribution in [0.25, 0.3) is 0 Å². The Labute approximate surface area is 49.3 Å². The number of hydrogen-bond acceptors (Lipinski definition) is 3. The van der Waals surface area contributed by atoms with Crippen molar-refractivity contribution >= 4 is 12.6 Å². The molecule has 0 aliphatic heterocycles. The third-order valence-electron chi connectivity index (χ3n) is 0.552. The molecule has 1 atom stereocenters. The van der Waals surface area contributed by atoms with E-state index in [4.69, 9.17) is 5.11 Å². The van der Waals surface area contributed by atoms with Crippen molar-refractivity contribution in [1.29, 1.82) is 0 Å². The van der Waals surface area contributed by atoms with Crippen LogP contribution in [0.5, 0.6) is 0 Å². The van der Waals surface area contributed by atoms with Crippen LogP contribution in [0.2, 0.25) is 0 Å². The van der Waals surface area contributed by atoms with Gasteiger partial charge < -0.3 is 10.4 Å². The zero-order valence-corrected chi connectivity index (χ0v) is 5.28. The summed E-state index contributed by atoms with van der Waals surface area (Å²) < 4.78 is 0. The normalized spacial score (nSPS) is 14.1. The predicted octanol–water partition coefficient (Wildman–Crippen LogP) is -0.156. The van der Waals surface area contributed by atoms with Crippen molar-refractivity contribution in [2.75, 3.05) is 13.2 Å². The van der Waals surface area contributed by atoms with Crippen LogP contribution < -0.4 is 5.32 Å². The molecule has 0 fully saturated rings. The second-order valence-electron chi connectivity index (χ2n) is 1.35. The molecule has 0 aliphatic carbocycles. The summed E-state index contributed by atoms with van der Waals surface area (Å²) in [6.45, 7) is 2.73. The van der Waals surface area contributed by atoms with Crippen molar-refractivity contribution in [2.24, 2.45) is 0 Å². The van der Waals surface area contributed by atoms with Gasteiger partial charge >= 0.3 is 0 Å². The van der Waals surface area contributed by atoms with Gasteiger partial charge in [-0.25, -0.2) is 0 Å². The van der Waals surface area contributed by atoms with Crippen molar-refractivity contribution in [3.63, 3.8) is 0 Å². The third-order valence-corrected chi connectivity index (χ3v) is 0.734. The zero-order chi connectivity index (χ0) is 5.70. The fraction of sp³-hybridized carbons (Fsp3) is 1.00. The van der Waals surface area contributed by atoms with E-state index in [0.29, 0.717) is 6.54 Å². The van der Waals surface area contributed by atoms with Crippen molar-refractivity contribution < 1.29 is 5.11 Å². The monoisotopic (exact) mass is 121 g/mol. The lowest BCUT2D eigenvalue weighted by Gasteiger charge is -2.02. The first-order valence-corrected chi connectivity index (χ1v) is 2.81. The van der Waals surface area contributed by atoms with Gasteiger partial charge in [-0.2, -0.15) is 12.6 Å². The molecule has 0 heterocycles. The number of thiol groups is 1. The summed E-state index contributed by atoms with van der Waals surface area (Å²) in [6.07, 6.45) is 0. The van der Waals surface area contributed by atoms with Gasteiger partial charge in [-0.1, -0.05) is 0 Å². The van der Waals surface area contributed by atoms with Gasteiger partial charge in [0.2, 0.25) is 0 Å². The molecular weight excluding hydrogens is 110 g/mol. The van der Waals surface area contributed by atoms with E-state index < -0.39 is 0 Å². The Hall–Kier alpha value is 0.270. The Bertz CT molecular complexity index is 40.7. The highest BCUT2D eigenvalue weighted by Crippen LogP contribution is 1.81. The Kier molecular flexibility index (Phi) is 4.60. The summed E-state index contributed by atoms with van der Waals surface area (Å²) in [5, 5.41) is 11.3. The summed E-state index contributed by atoms with van der Waals surface area (Å²) in [5.74, 6) is 0. The minimum absolute atomic E-state index is 0.185. The largest absolute Gasteiger partial charge is 0.395 e. The lowest BCUT2D eigenvalue weighted by molar-refractivity contribution is 0.292.